The Hall–Kier alpha value is -0.670. The molecule has 3 heteroatoms. The van der Waals surface area contributed by atoms with Gasteiger partial charge in [0.2, 0.25) is 0 Å². The van der Waals surface area contributed by atoms with Gasteiger partial charge in [-0.15, -0.1) is 0 Å². The van der Waals surface area contributed by atoms with Gasteiger partial charge in [-0.05, 0) is 10.8 Å². The molecular formula is C13H18O2S. The highest BCUT2D eigenvalue weighted by atomic mass is 32.2. The maximum atomic E-state index is 10.1. The van der Waals surface area contributed by atoms with Crippen LogP contribution in [0.5, 0.6) is 5.75 Å². The van der Waals surface area contributed by atoms with Crippen LogP contribution in [0.25, 0.3) is 0 Å². The molecule has 2 nitrogen and oxygen atoms in total. The number of ether oxygens (including phenoxy) is 1. The van der Waals surface area contributed by atoms with Crippen molar-refractivity contribution in [1.82, 2.24) is 0 Å². The van der Waals surface area contributed by atoms with Crippen LogP contribution in [0.15, 0.2) is 18.2 Å². The van der Waals surface area contributed by atoms with E-state index in [2.05, 4.69) is 19.9 Å². The molecule has 0 amide bonds. The summed E-state index contributed by atoms with van der Waals surface area (Å²) in [5.74, 6) is 1.65. The van der Waals surface area contributed by atoms with Gasteiger partial charge >= 0.3 is 0 Å². The summed E-state index contributed by atoms with van der Waals surface area (Å²) in [7, 11) is 0. The maximum absolute atomic E-state index is 10.1. The minimum Gasteiger partial charge on any atom is -0.493 e. The van der Waals surface area contributed by atoms with E-state index in [4.69, 9.17) is 4.74 Å². The second-order valence-corrected chi connectivity index (χ2v) is 5.94. The fourth-order valence-electron chi connectivity index (χ4n) is 1.88. The number of aliphatic hydroxyl groups excluding tert-OH is 1. The fraction of sp³-hybridized carbons (Fsp3) is 0.538. The lowest BCUT2D eigenvalue weighted by atomic mass is 10.0. The Morgan fingerprint density at radius 2 is 2.25 bits per heavy atom. The molecule has 1 aliphatic heterocycles. The molecule has 0 radical (unpaired) electrons. The monoisotopic (exact) mass is 238 g/mol. The van der Waals surface area contributed by atoms with E-state index < -0.39 is 6.10 Å². The Labute approximate surface area is 101 Å². The summed E-state index contributed by atoms with van der Waals surface area (Å²) < 4.78 is 5.59. The first-order chi connectivity index (χ1) is 7.68. The molecule has 0 saturated carbocycles. The van der Waals surface area contributed by atoms with Crippen LogP contribution in [0.3, 0.4) is 0 Å². The van der Waals surface area contributed by atoms with E-state index in [1.807, 2.05) is 12.1 Å². The van der Waals surface area contributed by atoms with Gasteiger partial charge in [0.1, 0.15) is 5.75 Å². The predicted molar refractivity (Wildman–Crippen MR) is 68.2 cm³/mol. The van der Waals surface area contributed by atoms with Crippen LogP contribution in [-0.2, 0) is 6.42 Å². The lowest BCUT2D eigenvalue weighted by molar-refractivity contribution is 0.198. The number of hydrogen-bond donors (Lipinski definition) is 1. The van der Waals surface area contributed by atoms with E-state index in [1.165, 1.54) is 5.56 Å². The number of fused-ring (bicyclic) bond motifs is 1. The van der Waals surface area contributed by atoms with Crippen LogP contribution in [0.4, 0.5) is 0 Å². The summed E-state index contributed by atoms with van der Waals surface area (Å²) in [5, 5.41) is 10.7. The molecule has 0 fully saturated rings. The van der Waals surface area contributed by atoms with Gasteiger partial charge in [-0.2, -0.15) is 11.8 Å². The van der Waals surface area contributed by atoms with E-state index in [1.54, 1.807) is 11.8 Å². The summed E-state index contributed by atoms with van der Waals surface area (Å²) in [4.78, 5) is 0. The molecule has 0 aromatic heterocycles. The zero-order chi connectivity index (χ0) is 11.5. The molecule has 1 heterocycles. The molecule has 1 aromatic rings. The maximum Gasteiger partial charge on any atom is 0.128 e. The van der Waals surface area contributed by atoms with Crippen molar-refractivity contribution in [3.8, 4) is 5.75 Å². The van der Waals surface area contributed by atoms with Crippen LogP contribution in [0, 0.1) is 0 Å². The Morgan fingerprint density at radius 3 is 3.00 bits per heavy atom. The van der Waals surface area contributed by atoms with Crippen molar-refractivity contribution >= 4 is 11.8 Å². The number of aliphatic hydroxyl groups is 1. The molecule has 0 saturated heterocycles. The van der Waals surface area contributed by atoms with E-state index in [0.29, 0.717) is 5.25 Å². The third kappa shape index (κ3) is 2.53. The molecule has 1 aliphatic rings. The first-order valence-corrected chi connectivity index (χ1v) is 6.77. The average Bonchev–Trinajstić information content (AvgIpc) is 2.73. The minimum atomic E-state index is -0.416. The molecular weight excluding hydrogens is 220 g/mol. The molecule has 0 bridgehead atoms. The molecule has 0 spiro atoms. The Bertz CT molecular complexity index is 363. The Kier molecular flexibility index (Phi) is 3.77. The Morgan fingerprint density at radius 1 is 1.44 bits per heavy atom. The summed E-state index contributed by atoms with van der Waals surface area (Å²) in [5.41, 5.74) is 2.18. The lowest BCUT2D eigenvalue weighted by Gasteiger charge is -2.15. The number of rotatable bonds is 4. The van der Waals surface area contributed by atoms with E-state index in [-0.39, 0.29) is 0 Å². The second-order valence-electron chi connectivity index (χ2n) is 4.33. The van der Waals surface area contributed by atoms with Gasteiger partial charge in [-0.3, -0.25) is 0 Å². The summed E-state index contributed by atoms with van der Waals surface area (Å²) in [6.07, 6.45) is 0.549. The third-order valence-electron chi connectivity index (χ3n) is 2.69. The van der Waals surface area contributed by atoms with Crippen molar-refractivity contribution in [2.45, 2.75) is 31.6 Å². The van der Waals surface area contributed by atoms with Crippen molar-refractivity contribution in [2.24, 2.45) is 0 Å². The summed E-state index contributed by atoms with van der Waals surface area (Å²) in [6.45, 7) is 5.03. The van der Waals surface area contributed by atoms with Crippen molar-refractivity contribution in [2.75, 3.05) is 12.4 Å². The average molecular weight is 238 g/mol. The molecule has 1 N–H and O–H groups in total. The largest absolute Gasteiger partial charge is 0.493 e. The fourth-order valence-corrected chi connectivity index (χ4v) is 2.62. The van der Waals surface area contributed by atoms with Crippen molar-refractivity contribution in [1.29, 1.82) is 0 Å². The topological polar surface area (TPSA) is 29.5 Å². The van der Waals surface area contributed by atoms with Gasteiger partial charge in [-0.25, -0.2) is 0 Å². The molecule has 0 aliphatic carbocycles. The van der Waals surface area contributed by atoms with Crippen molar-refractivity contribution in [3.63, 3.8) is 0 Å². The number of hydrogen-bond acceptors (Lipinski definition) is 3. The minimum absolute atomic E-state index is 0.416. The first kappa shape index (κ1) is 11.8. The number of para-hydroxylation sites is 1. The van der Waals surface area contributed by atoms with Gasteiger partial charge in [0.25, 0.3) is 0 Å². The zero-order valence-electron chi connectivity index (χ0n) is 9.77. The SMILES string of the molecule is CC(C)SCC(O)c1cccc2c1OCC2. The second kappa shape index (κ2) is 5.11. The standard InChI is InChI=1S/C13H18O2S/c1-9(2)16-8-12(14)11-5-3-4-10-6-7-15-13(10)11/h3-5,9,12,14H,6-8H2,1-2H3. The normalized spacial score (nSPS) is 16.0. The first-order valence-electron chi connectivity index (χ1n) is 5.72. The predicted octanol–water partition coefficient (Wildman–Crippen LogP) is 2.80. The summed E-state index contributed by atoms with van der Waals surface area (Å²) in [6, 6.07) is 6.05. The molecule has 1 aromatic carbocycles. The number of benzene rings is 1. The van der Waals surface area contributed by atoms with Crippen LogP contribution < -0.4 is 4.74 Å². The zero-order valence-corrected chi connectivity index (χ0v) is 10.6. The van der Waals surface area contributed by atoms with Crippen LogP contribution in [0.1, 0.15) is 31.1 Å². The van der Waals surface area contributed by atoms with E-state index >= 15 is 0 Å². The summed E-state index contributed by atoms with van der Waals surface area (Å²) >= 11 is 1.77. The highest BCUT2D eigenvalue weighted by molar-refractivity contribution is 7.99. The molecule has 1 atom stereocenters. The highest BCUT2D eigenvalue weighted by Gasteiger charge is 2.20. The van der Waals surface area contributed by atoms with Crippen LogP contribution >= 0.6 is 11.8 Å². The smallest absolute Gasteiger partial charge is 0.128 e. The van der Waals surface area contributed by atoms with Gasteiger partial charge in [0.05, 0.1) is 12.7 Å². The lowest BCUT2D eigenvalue weighted by Crippen LogP contribution is -2.05. The molecule has 88 valence electrons. The third-order valence-corrected chi connectivity index (χ3v) is 3.87. The van der Waals surface area contributed by atoms with Gasteiger partial charge in [0, 0.05) is 17.7 Å². The van der Waals surface area contributed by atoms with Crippen LogP contribution in [-0.4, -0.2) is 22.7 Å². The van der Waals surface area contributed by atoms with Crippen molar-refractivity contribution < 1.29 is 9.84 Å². The van der Waals surface area contributed by atoms with Crippen LogP contribution in [0.2, 0.25) is 0 Å². The quantitative estimate of drug-likeness (QED) is 0.874. The Balaban J connectivity index is 2.11. The molecule has 2 rings (SSSR count). The van der Waals surface area contributed by atoms with Gasteiger partial charge in [0.15, 0.2) is 0 Å². The van der Waals surface area contributed by atoms with Gasteiger partial charge in [-0.1, -0.05) is 32.0 Å². The molecule has 16 heavy (non-hydrogen) atoms. The van der Waals surface area contributed by atoms with Crippen molar-refractivity contribution in [3.05, 3.63) is 29.3 Å². The highest BCUT2D eigenvalue weighted by Crippen LogP contribution is 2.34. The van der Waals surface area contributed by atoms with E-state index in [9.17, 15) is 5.11 Å². The van der Waals surface area contributed by atoms with Gasteiger partial charge < -0.3 is 9.84 Å². The number of thioether (sulfide) groups is 1. The molecule has 1 unspecified atom stereocenters. The van der Waals surface area contributed by atoms with E-state index in [0.717, 1.165) is 30.1 Å².